The highest BCUT2D eigenvalue weighted by Crippen LogP contribution is 2.30. The Morgan fingerprint density at radius 3 is 1.19 bits per heavy atom. The summed E-state index contributed by atoms with van der Waals surface area (Å²) in [6.45, 7) is 11.0. The van der Waals surface area contributed by atoms with Crippen molar-refractivity contribution in [2.24, 2.45) is 0 Å². The van der Waals surface area contributed by atoms with E-state index in [4.69, 9.17) is 0 Å². The molecule has 0 bridgehead atoms. The third-order valence-electron chi connectivity index (χ3n) is 2.89. The third kappa shape index (κ3) is 2.63. The minimum absolute atomic E-state index is 0.840. The lowest BCUT2D eigenvalue weighted by molar-refractivity contribution is 0.0732. The van der Waals surface area contributed by atoms with Crippen molar-refractivity contribution >= 4 is 0 Å². The van der Waals surface area contributed by atoms with Crippen LogP contribution in [0.1, 0.15) is 49.9 Å². The molecule has 16 heavy (non-hydrogen) atoms. The molecule has 0 heterocycles. The van der Waals surface area contributed by atoms with Gasteiger partial charge in [-0.3, -0.25) is 0 Å². The van der Waals surface area contributed by atoms with Crippen LogP contribution < -0.4 is 0 Å². The highest BCUT2D eigenvalue weighted by Gasteiger charge is 2.24. The van der Waals surface area contributed by atoms with Gasteiger partial charge in [0.1, 0.15) is 0 Å². The first-order valence-electron chi connectivity index (χ1n) is 5.60. The molecule has 0 atom stereocenters. The predicted molar refractivity (Wildman–Crippen MR) is 66.4 cm³/mol. The Morgan fingerprint density at radius 1 is 0.750 bits per heavy atom. The molecule has 0 amide bonds. The van der Waals surface area contributed by atoms with Crippen LogP contribution in [0.3, 0.4) is 0 Å². The van der Waals surface area contributed by atoms with Gasteiger partial charge in [-0.1, -0.05) is 12.1 Å². The second-order valence-electron chi connectivity index (χ2n) is 5.60. The molecule has 2 heteroatoms. The summed E-state index contributed by atoms with van der Waals surface area (Å²) < 4.78 is 0. The average molecular weight is 222 g/mol. The summed E-state index contributed by atoms with van der Waals surface area (Å²) in [5.74, 6) is 0. The molecule has 0 aliphatic heterocycles. The zero-order valence-corrected chi connectivity index (χ0v) is 11.0. The van der Waals surface area contributed by atoms with Gasteiger partial charge in [0, 0.05) is 0 Å². The maximum Gasteiger partial charge on any atom is 0.0843 e. The van der Waals surface area contributed by atoms with Gasteiger partial charge in [-0.2, -0.15) is 0 Å². The van der Waals surface area contributed by atoms with E-state index in [0.717, 1.165) is 22.3 Å². The Morgan fingerprint density at radius 2 is 1.00 bits per heavy atom. The molecule has 0 aromatic heterocycles. The van der Waals surface area contributed by atoms with E-state index < -0.39 is 11.2 Å². The first kappa shape index (κ1) is 13.2. The minimum atomic E-state index is -0.840. The second-order valence-corrected chi connectivity index (χ2v) is 5.60. The number of hydrogen-bond acceptors (Lipinski definition) is 2. The Hall–Kier alpha value is -0.860. The topological polar surface area (TPSA) is 40.5 Å². The van der Waals surface area contributed by atoms with Crippen molar-refractivity contribution in [2.75, 3.05) is 0 Å². The van der Waals surface area contributed by atoms with Crippen LogP contribution in [0.15, 0.2) is 12.1 Å². The number of benzene rings is 1. The Bertz CT molecular complexity index is 353. The van der Waals surface area contributed by atoms with Crippen LogP contribution in [0.4, 0.5) is 0 Å². The summed E-state index contributed by atoms with van der Waals surface area (Å²) >= 11 is 0. The molecule has 0 aliphatic rings. The molecular weight excluding hydrogens is 200 g/mol. The zero-order chi connectivity index (χ0) is 12.7. The van der Waals surface area contributed by atoms with E-state index in [9.17, 15) is 10.2 Å². The van der Waals surface area contributed by atoms with Crippen LogP contribution in [0.25, 0.3) is 0 Å². The smallest absolute Gasteiger partial charge is 0.0843 e. The van der Waals surface area contributed by atoms with E-state index >= 15 is 0 Å². The molecule has 0 fully saturated rings. The Labute approximate surface area is 97.9 Å². The molecule has 0 saturated carbocycles. The lowest BCUT2D eigenvalue weighted by Crippen LogP contribution is -2.21. The van der Waals surface area contributed by atoms with Crippen LogP contribution >= 0.6 is 0 Å². The summed E-state index contributed by atoms with van der Waals surface area (Å²) in [6.07, 6.45) is 0. The minimum Gasteiger partial charge on any atom is -0.386 e. The standard InChI is InChI=1S/C14H22O2/c1-9-7-12(14(5,6)16)10(2)8-11(9)13(3,4)15/h7-8,15-16H,1-6H3. The van der Waals surface area contributed by atoms with Gasteiger partial charge < -0.3 is 10.2 Å². The third-order valence-corrected chi connectivity index (χ3v) is 2.89. The summed E-state index contributed by atoms with van der Waals surface area (Å²) in [5.41, 5.74) is 2.17. The van der Waals surface area contributed by atoms with Gasteiger partial charge in [-0.25, -0.2) is 0 Å². The number of aryl methyl sites for hydroxylation is 2. The van der Waals surface area contributed by atoms with Crippen LogP contribution in [-0.2, 0) is 11.2 Å². The highest BCUT2D eigenvalue weighted by atomic mass is 16.3. The highest BCUT2D eigenvalue weighted by molar-refractivity contribution is 5.41. The van der Waals surface area contributed by atoms with Crippen molar-refractivity contribution in [3.05, 3.63) is 34.4 Å². The molecule has 0 aliphatic carbocycles. The molecule has 1 aromatic carbocycles. The molecule has 2 N–H and O–H groups in total. The van der Waals surface area contributed by atoms with E-state index in [-0.39, 0.29) is 0 Å². The number of hydrogen-bond donors (Lipinski definition) is 2. The first-order valence-corrected chi connectivity index (χ1v) is 5.60. The van der Waals surface area contributed by atoms with Crippen LogP contribution in [0, 0.1) is 13.8 Å². The van der Waals surface area contributed by atoms with E-state index in [1.807, 2.05) is 26.0 Å². The SMILES string of the molecule is Cc1cc(C(C)(C)O)c(C)cc1C(C)(C)O. The van der Waals surface area contributed by atoms with Gasteiger partial charge in [0.25, 0.3) is 0 Å². The number of rotatable bonds is 2. The monoisotopic (exact) mass is 222 g/mol. The zero-order valence-electron chi connectivity index (χ0n) is 11.0. The lowest BCUT2D eigenvalue weighted by Gasteiger charge is -2.26. The van der Waals surface area contributed by atoms with E-state index in [2.05, 4.69) is 0 Å². The fourth-order valence-corrected chi connectivity index (χ4v) is 2.13. The molecule has 1 aromatic rings. The molecule has 0 saturated heterocycles. The van der Waals surface area contributed by atoms with Crippen molar-refractivity contribution in [1.29, 1.82) is 0 Å². The summed E-state index contributed by atoms with van der Waals surface area (Å²) in [7, 11) is 0. The fourth-order valence-electron chi connectivity index (χ4n) is 2.13. The van der Waals surface area contributed by atoms with Gasteiger partial charge in [0.05, 0.1) is 11.2 Å². The predicted octanol–water partition coefficient (Wildman–Crippen LogP) is 2.76. The van der Waals surface area contributed by atoms with E-state index in [0.29, 0.717) is 0 Å². The molecule has 1 rings (SSSR count). The van der Waals surface area contributed by atoms with Crippen molar-refractivity contribution in [3.8, 4) is 0 Å². The maximum atomic E-state index is 10.0. The first-order chi connectivity index (χ1) is 7.03. The molecule has 2 nitrogen and oxygen atoms in total. The molecule has 90 valence electrons. The largest absolute Gasteiger partial charge is 0.386 e. The van der Waals surface area contributed by atoms with Crippen molar-refractivity contribution in [1.82, 2.24) is 0 Å². The summed E-state index contributed by atoms with van der Waals surface area (Å²) in [5, 5.41) is 20.1. The van der Waals surface area contributed by atoms with E-state index in [1.54, 1.807) is 27.7 Å². The van der Waals surface area contributed by atoms with Crippen molar-refractivity contribution in [3.63, 3.8) is 0 Å². The van der Waals surface area contributed by atoms with Gasteiger partial charge in [0.15, 0.2) is 0 Å². The quantitative estimate of drug-likeness (QED) is 0.807. The number of aliphatic hydroxyl groups is 2. The molecule has 0 unspecified atom stereocenters. The van der Waals surface area contributed by atoms with Gasteiger partial charge >= 0.3 is 0 Å². The van der Waals surface area contributed by atoms with Gasteiger partial charge in [-0.05, 0) is 63.8 Å². The van der Waals surface area contributed by atoms with Gasteiger partial charge in [-0.15, -0.1) is 0 Å². The second kappa shape index (κ2) is 3.86. The van der Waals surface area contributed by atoms with Crippen molar-refractivity contribution < 1.29 is 10.2 Å². The summed E-state index contributed by atoms with van der Waals surface area (Å²) in [4.78, 5) is 0. The van der Waals surface area contributed by atoms with Crippen LogP contribution in [0.5, 0.6) is 0 Å². The van der Waals surface area contributed by atoms with E-state index in [1.165, 1.54) is 0 Å². The molecule has 0 radical (unpaired) electrons. The van der Waals surface area contributed by atoms with Gasteiger partial charge in [0.2, 0.25) is 0 Å². The lowest BCUT2D eigenvalue weighted by atomic mass is 9.85. The maximum absolute atomic E-state index is 10.0. The Kier molecular flexibility index (Phi) is 3.19. The van der Waals surface area contributed by atoms with Crippen molar-refractivity contribution in [2.45, 2.75) is 52.7 Å². The van der Waals surface area contributed by atoms with Crippen LogP contribution in [0.2, 0.25) is 0 Å². The molecule has 0 spiro atoms. The Balaban J connectivity index is 3.40. The van der Waals surface area contributed by atoms with Crippen LogP contribution in [-0.4, -0.2) is 10.2 Å². The summed E-state index contributed by atoms with van der Waals surface area (Å²) in [6, 6.07) is 3.92. The average Bonchev–Trinajstić information content (AvgIpc) is 2.04. The fraction of sp³-hybridized carbons (Fsp3) is 0.571. The normalized spacial score (nSPS) is 13.0. The molecular formula is C14H22O2.